The molecule has 0 aliphatic carbocycles. The highest BCUT2D eigenvalue weighted by molar-refractivity contribution is 9.10. The number of benzene rings is 1. The van der Waals surface area contributed by atoms with Gasteiger partial charge in [-0.05, 0) is 41.4 Å². The second kappa shape index (κ2) is 7.04. The van der Waals surface area contributed by atoms with E-state index in [1.165, 1.54) is 0 Å². The Labute approximate surface area is 124 Å². The van der Waals surface area contributed by atoms with E-state index in [0.717, 1.165) is 5.56 Å². The molecule has 0 unspecified atom stereocenters. The topological polar surface area (TPSA) is 109 Å². The molecule has 0 spiro atoms. The van der Waals surface area contributed by atoms with Gasteiger partial charge in [-0.15, -0.1) is 0 Å². The Morgan fingerprint density at radius 1 is 1.40 bits per heavy atom. The van der Waals surface area contributed by atoms with Crippen molar-refractivity contribution in [3.05, 3.63) is 33.8 Å². The van der Waals surface area contributed by atoms with E-state index in [2.05, 4.69) is 21.2 Å². The molecule has 20 heavy (non-hydrogen) atoms. The van der Waals surface area contributed by atoms with E-state index < -0.39 is 23.8 Å². The van der Waals surface area contributed by atoms with Crippen LogP contribution in [0.4, 0.5) is 0 Å². The number of primary amides is 1. The molecule has 1 atom stereocenters. The molecule has 0 aromatic heterocycles. The lowest BCUT2D eigenvalue weighted by Crippen LogP contribution is -2.41. The van der Waals surface area contributed by atoms with Gasteiger partial charge in [-0.1, -0.05) is 11.6 Å². The molecular weight excluding hydrogens is 328 g/mol. The number of aliphatic carboxylic acids is 1. The van der Waals surface area contributed by atoms with Gasteiger partial charge in [0.25, 0.3) is 5.91 Å². The number of nitrogens with two attached hydrogens (primary N) is 1. The predicted molar refractivity (Wildman–Crippen MR) is 76.2 cm³/mol. The van der Waals surface area contributed by atoms with Crippen LogP contribution >= 0.6 is 15.9 Å². The summed E-state index contributed by atoms with van der Waals surface area (Å²) in [6, 6.07) is 4.03. The van der Waals surface area contributed by atoms with Gasteiger partial charge in [-0.25, -0.2) is 4.79 Å². The van der Waals surface area contributed by atoms with Crippen LogP contribution in [0, 0.1) is 6.92 Å². The number of carboxylic acids is 1. The van der Waals surface area contributed by atoms with Crippen LogP contribution in [0.15, 0.2) is 22.7 Å². The fraction of sp³-hybridized carbons (Fsp3) is 0.308. The summed E-state index contributed by atoms with van der Waals surface area (Å²) in [4.78, 5) is 33.8. The summed E-state index contributed by atoms with van der Waals surface area (Å²) in [7, 11) is 0. The van der Waals surface area contributed by atoms with E-state index in [4.69, 9.17) is 10.8 Å². The summed E-state index contributed by atoms with van der Waals surface area (Å²) in [6.07, 6.45) is -0.147. The number of carbonyl (C=O) groups excluding carboxylic acids is 2. The van der Waals surface area contributed by atoms with Gasteiger partial charge in [0.2, 0.25) is 5.91 Å². The molecule has 6 nitrogen and oxygen atoms in total. The van der Waals surface area contributed by atoms with Gasteiger partial charge in [0.05, 0.1) is 5.56 Å². The van der Waals surface area contributed by atoms with Crippen molar-refractivity contribution in [3.8, 4) is 0 Å². The van der Waals surface area contributed by atoms with Crippen molar-refractivity contribution in [1.82, 2.24) is 5.32 Å². The van der Waals surface area contributed by atoms with Crippen LogP contribution in [0.25, 0.3) is 0 Å². The van der Waals surface area contributed by atoms with Gasteiger partial charge in [-0.3, -0.25) is 9.59 Å². The first-order valence-electron chi connectivity index (χ1n) is 5.89. The number of hydrogen-bond acceptors (Lipinski definition) is 3. The van der Waals surface area contributed by atoms with Crippen LogP contribution in [0.3, 0.4) is 0 Å². The van der Waals surface area contributed by atoms with E-state index in [1.54, 1.807) is 12.1 Å². The molecule has 0 heterocycles. The first-order valence-corrected chi connectivity index (χ1v) is 6.68. The van der Waals surface area contributed by atoms with Crippen LogP contribution in [0.5, 0.6) is 0 Å². The summed E-state index contributed by atoms with van der Waals surface area (Å²) in [5.41, 5.74) is 6.19. The number of hydrogen-bond donors (Lipinski definition) is 3. The Hall–Kier alpha value is -1.89. The maximum absolute atomic E-state index is 12.1. The molecule has 0 aliphatic heterocycles. The van der Waals surface area contributed by atoms with Crippen molar-refractivity contribution in [3.63, 3.8) is 0 Å². The highest BCUT2D eigenvalue weighted by Crippen LogP contribution is 2.18. The molecule has 0 saturated heterocycles. The molecule has 108 valence electrons. The molecule has 1 aromatic rings. The summed E-state index contributed by atoms with van der Waals surface area (Å²) in [6.45, 7) is 1.82. The highest BCUT2D eigenvalue weighted by Gasteiger charge is 2.22. The van der Waals surface area contributed by atoms with Crippen molar-refractivity contribution in [2.75, 3.05) is 0 Å². The highest BCUT2D eigenvalue weighted by atomic mass is 79.9. The molecule has 0 aliphatic rings. The Balaban J connectivity index is 2.82. The zero-order valence-corrected chi connectivity index (χ0v) is 12.4. The van der Waals surface area contributed by atoms with E-state index in [9.17, 15) is 14.4 Å². The average molecular weight is 343 g/mol. The minimum Gasteiger partial charge on any atom is -0.480 e. The van der Waals surface area contributed by atoms with Gasteiger partial charge in [0.1, 0.15) is 6.04 Å². The van der Waals surface area contributed by atoms with Crippen LogP contribution in [-0.2, 0) is 9.59 Å². The zero-order chi connectivity index (χ0) is 15.3. The van der Waals surface area contributed by atoms with Crippen molar-refractivity contribution < 1.29 is 19.5 Å². The fourth-order valence-corrected chi connectivity index (χ4v) is 2.02. The first kappa shape index (κ1) is 16.2. The van der Waals surface area contributed by atoms with Crippen molar-refractivity contribution in [2.45, 2.75) is 25.8 Å². The molecule has 0 fully saturated rings. The van der Waals surface area contributed by atoms with Crippen LogP contribution in [-0.4, -0.2) is 28.9 Å². The lowest BCUT2D eigenvalue weighted by atomic mass is 10.1. The van der Waals surface area contributed by atoms with Gasteiger partial charge in [0.15, 0.2) is 0 Å². The van der Waals surface area contributed by atoms with Crippen LogP contribution in [0.2, 0.25) is 0 Å². The zero-order valence-electron chi connectivity index (χ0n) is 10.9. The maximum Gasteiger partial charge on any atom is 0.326 e. The number of halogens is 1. The summed E-state index contributed by atoms with van der Waals surface area (Å²) >= 11 is 3.24. The molecule has 0 bridgehead atoms. The van der Waals surface area contributed by atoms with Gasteiger partial charge in [-0.2, -0.15) is 0 Å². The van der Waals surface area contributed by atoms with Crippen molar-refractivity contribution in [2.24, 2.45) is 5.73 Å². The summed E-state index contributed by atoms with van der Waals surface area (Å²) in [5, 5.41) is 11.4. The monoisotopic (exact) mass is 342 g/mol. The standard InChI is InChI=1S/C13H15BrN2O4/c1-7-2-3-9(14)8(6-7)12(18)16-10(13(19)20)4-5-11(15)17/h2-3,6,10H,4-5H2,1H3,(H2,15,17)(H,16,18)(H,19,20)/t10-/m0/s1. The van der Waals surface area contributed by atoms with Crippen molar-refractivity contribution in [1.29, 1.82) is 0 Å². The molecule has 0 saturated carbocycles. The van der Waals surface area contributed by atoms with Gasteiger partial charge >= 0.3 is 5.97 Å². The SMILES string of the molecule is Cc1ccc(Br)c(C(=O)N[C@@H](CCC(N)=O)C(=O)O)c1. The largest absolute Gasteiger partial charge is 0.480 e. The number of carboxylic acid groups (broad SMARTS) is 1. The Kier molecular flexibility index (Phi) is 5.69. The Morgan fingerprint density at radius 2 is 2.05 bits per heavy atom. The fourth-order valence-electron chi connectivity index (χ4n) is 1.59. The molecule has 0 radical (unpaired) electrons. The average Bonchev–Trinajstić information content (AvgIpc) is 2.36. The second-order valence-electron chi connectivity index (χ2n) is 4.35. The van der Waals surface area contributed by atoms with Crippen LogP contribution < -0.4 is 11.1 Å². The van der Waals surface area contributed by atoms with E-state index in [1.807, 2.05) is 13.0 Å². The molecular formula is C13H15BrN2O4. The minimum atomic E-state index is -1.21. The quantitative estimate of drug-likeness (QED) is 0.721. The predicted octanol–water partition coefficient (Wildman–Crippen LogP) is 1.21. The summed E-state index contributed by atoms with van der Waals surface area (Å²) < 4.78 is 0.569. The smallest absolute Gasteiger partial charge is 0.326 e. The molecule has 7 heteroatoms. The molecule has 4 N–H and O–H groups in total. The molecule has 1 rings (SSSR count). The third kappa shape index (κ3) is 4.65. The van der Waals surface area contributed by atoms with Crippen LogP contribution in [0.1, 0.15) is 28.8 Å². The number of nitrogens with one attached hydrogen (secondary N) is 1. The Morgan fingerprint density at radius 3 is 2.60 bits per heavy atom. The van der Waals surface area contributed by atoms with Crippen molar-refractivity contribution >= 4 is 33.7 Å². The van der Waals surface area contributed by atoms with E-state index in [-0.39, 0.29) is 12.8 Å². The lowest BCUT2D eigenvalue weighted by Gasteiger charge is -2.14. The molecule has 1 aromatic carbocycles. The third-order valence-electron chi connectivity index (χ3n) is 2.65. The second-order valence-corrected chi connectivity index (χ2v) is 5.21. The number of carbonyl (C=O) groups is 3. The number of aryl methyl sites for hydroxylation is 1. The lowest BCUT2D eigenvalue weighted by molar-refractivity contribution is -0.139. The van der Waals surface area contributed by atoms with E-state index in [0.29, 0.717) is 10.0 Å². The van der Waals surface area contributed by atoms with Gasteiger partial charge < -0.3 is 16.2 Å². The first-order chi connectivity index (χ1) is 9.31. The van der Waals surface area contributed by atoms with E-state index >= 15 is 0 Å². The molecule has 2 amide bonds. The maximum atomic E-state index is 12.1. The number of amides is 2. The normalized spacial score (nSPS) is 11.7. The third-order valence-corrected chi connectivity index (χ3v) is 3.34. The summed E-state index contributed by atoms with van der Waals surface area (Å²) in [5.74, 6) is -2.33. The number of rotatable bonds is 6. The van der Waals surface area contributed by atoms with Gasteiger partial charge in [0, 0.05) is 10.9 Å². The minimum absolute atomic E-state index is 0.0418. The Bertz CT molecular complexity index is 545.